The molecule has 0 saturated heterocycles. The van der Waals surface area contributed by atoms with Crippen molar-refractivity contribution in [3.8, 4) is 11.4 Å². The highest BCUT2D eigenvalue weighted by atomic mass is 15.0. The third-order valence-corrected chi connectivity index (χ3v) is 2.88. The largest absolute Gasteiger partial charge is 0.324 e. The van der Waals surface area contributed by atoms with Gasteiger partial charge in [-0.1, -0.05) is 17.7 Å². The van der Waals surface area contributed by atoms with Gasteiger partial charge in [-0.25, -0.2) is 15.0 Å². The molecule has 1 aromatic heterocycles. The lowest BCUT2D eigenvalue weighted by molar-refractivity contribution is 0.850. The Balaban J connectivity index is 2.65. The highest BCUT2D eigenvalue weighted by molar-refractivity contribution is 5.65. The summed E-state index contributed by atoms with van der Waals surface area (Å²) >= 11 is 0. The minimum Gasteiger partial charge on any atom is -0.324 e. The molecule has 0 atom stereocenters. The van der Waals surface area contributed by atoms with Crippen molar-refractivity contribution in [1.82, 2.24) is 15.0 Å². The summed E-state index contributed by atoms with van der Waals surface area (Å²) < 4.78 is 0. The maximum Gasteiger partial charge on any atom is 0.163 e. The van der Waals surface area contributed by atoms with Crippen molar-refractivity contribution in [2.24, 2.45) is 5.73 Å². The molecule has 2 N–H and O–H groups in total. The van der Waals surface area contributed by atoms with E-state index < -0.39 is 0 Å². The van der Waals surface area contributed by atoms with Crippen molar-refractivity contribution in [3.05, 3.63) is 40.5 Å². The SMILES string of the molecule is Cc1cc(C)c(-c2nc(C)nc(CN)n2)c(C)c1. The summed E-state index contributed by atoms with van der Waals surface area (Å²) in [4.78, 5) is 13.1. The van der Waals surface area contributed by atoms with Crippen molar-refractivity contribution < 1.29 is 0 Å². The molecule has 4 nitrogen and oxygen atoms in total. The predicted molar refractivity (Wildman–Crippen MR) is 72.1 cm³/mol. The second-order valence-electron chi connectivity index (χ2n) is 4.60. The number of aryl methyl sites for hydroxylation is 4. The number of nitrogens with two attached hydrogens (primary N) is 1. The van der Waals surface area contributed by atoms with Crippen molar-refractivity contribution >= 4 is 0 Å². The molecule has 0 aliphatic heterocycles. The highest BCUT2D eigenvalue weighted by Gasteiger charge is 2.11. The second kappa shape index (κ2) is 4.82. The minimum absolute atomic E-state index is 0.334. The summed E-state index contributed by atoms with van der Waals surface area (Å²) in [6, 6.07) is 4.28. The van der Waals surface area contributed by atoms with E-state index in [9.17, 15) is 0 Å². The van der Waals surface area contributed by atoms with Gasteiger partial charge in [0.1, 0.15) is 11.6 Å². The van der Waals surface area contributed by atoms with Gasteiger partial charge in [-0.05, 0) is 38.8 Å². The van der Waals surface area contributed by atoms with Crippen LogP contribution in [0.25, 0.3) is 11.4 Å². The van der Waals surface area contributed by atoms with E-state index in [0.29, 0.717) is 18.2 Å². The Hall–Kier alpha value is -1.81. The fraction of sp³-hybridized carbons (Fsp3) is 0.357. The normalized spacial score (nSPS) is 10.7. The molecule has 0 aliphatic carbocycles. The van der Waals surface area contributed by atoms with Gasteiger partial charge in [0.2, 0.25) is 0 Å². The average molecular weight is 242 g/mol. The highest BCUT2D eigenvalue weighted by Crippen LogP contribution is 2.25. The molecule has 4 heteroatoms. The van der Waals surface area contributed by atoms with Gasteiger partial charge >= 0.3 is 0 Å². The van der Waals surface area contributed by atoms with Crippen LogP contribution in [0.15, 0.2) is 12.1 Å². The van der Waals surface area contributed by atoms with E-state index in [2.05, 4.69) is 47.9 Å². The van der Waals surface area contributed by atoms with Gasteiger partial charge < -0.3 is 5.73 Å². The van der Waals surface area contributed by atoms with E-state index in [-0.39, 0.29) is 0 Å². The number of hydrogen-bond acceptors (Lipinski definition) is 4. The van der Waals surface area contributed by atoms with Gasteiger partial charge in [-0.15, -0.1) is 0 Å². The lowest BCUT2D eigenvalue weighted by atomic mass is 9.99. The molecule has 1 aromatic carbocycles. The lowest BCUT2D eigenvalue weighted by Crippen LogP contribution is -2.08. The molecule has 0 bridgehead atoms. The van der Waals surface area contributed by atoms with E-state index >= 15 is 0 Å². The van der Waals surface area contributed by atoms with E-state index in [4.69, 9.17) is 5.73 Å². The van der Waals surface area contributed by atoms with Crippen LogP contribution in [0.3, 0.4) is 0 Å². The van der Waals surface area contributed by atoms with Crippen molar-refractivity contribution in [3.63, 3.8) is 0 Å². The van der Waals surface area contributed by atoms with E-state index in [1.807, 2.05) is 6.92 Å². The van der Waals surface area contributed by atoms with Crippen LogP contribution in [0.2, 0.25) is 0 Å². The van der Waals surface area contributed by atoms with Crippen LogP contribution in [0.1, 0.15) is 28.3 Å². The molecule has 2 rings (SSSR count). The first-order chi connectivity index (χ1) is 8.51. The Morgan fingerprint density at radius 2 is 1.56 bits per heavy atom. The van der Waals surface area contributed by atoms with E-state index in [1.165, 1.54) is 16.7 Å². The summed E-state index contributed by atoms with van der Waals surface area (Å²) in [5.74, 6) is 2.06. The van der Waals surface area contributed by atoms with Gasteiger partial charge in [-0.2, -0.15) is 0 Å². The van der Waals surface area contributed by atoms with Crippen molar-refractivity contribution in [2.45, 2.75) is 34.2 Å². The molecular formula is C14H18N4. The molecule has 18 heavy (non-hydrogen) atoms. The maximum absolute atomic E-state index is 5.61. The Morgan fingerprint density at radius 3 is 2.11 bits per heavy atom. The van der Waals surface area contributed by atoms with Gasteiger partial charge in [0.25, 0.3) is 0 Å². The number of aromatic nitrogens is 3. The van der Waals surface area contributed by atoms with Crippen LogP contribution in [0.4, 0.5) is 0 Å². The molecule has 0 radical (unpaired) electrons. The third kappa shape index (κ3) is 2.38. The smallest absolute Gasteiger partial charge is 0.163 e. The van der Waals surface area contributed by atoms with Gasteiger partial charge in [0.05, 0.1) is 6.54 Å². The Kier molecular flexibility index (Phi) is 3.39. The molecule has 1 heterocycles. The summed E-state index contributed by atoms with van der Waals surface area (Å²) in [6.45, 7) is 8.45. The second-order valence-corrected chi connectivity index (χ2v) is 4.60. The van der Waals surface area contributed by atoms with Crippen LogP contribution in [-0.2, 0) is 6.54 Å². The van der Waals surface area contributed by atoms with Crippen LogP contribution in [0.5, 0.6) is 0 Å². The molecule has 94 valence electrons. The maximum atomic E-state index is 5.61. The minimum atomic E-state index is 0.334. The van der Waals surface area contributed by atoms with Crippen molar-refractivity contribution in [1.29, 1.82) is 0 Å². The molecule has 0 spiro atoms. The first kappa shape index (κ1) is 12.6. The summed E-state index contributed by atoms with van der Waals surface area (Å²) in [5, 5.41) is 0. The summed E-state index contributed by atoms with van der Waals surface area (Å²) in [5.41, 5.74) is 10.3. The quantitative estimate of drug-likeness (QED) is 0.877. The zero-order valence-corrected chi connectivity index (χ0v) is 11.3. The number of hydrogen-bond donors (Lipinski definition) is 1. The summed E-state index contributed by atoms with van der Waals surface area (Å²) in [6.07, 6.45) is 0. The molecule has 0 saturated carbocycles. The van der Waals surface area contributed by atoms with E-state index in [0.717, 1.165) is 11.4 Å². The standard InChI is InChI=1S/C14H18N4/c1-8-5-9(2)13(10(3)6-8)14-17-11(4)16-12(7-15)18-14/h5-6H,7,15H2,1-4H3. The molecule has 0 aliphatic rings. The third-order valence-electron chi connectivity index (χ3n) is 2.88. The van der Waals surface area contributed by atoms with E-state index in [1.54, 1.807) is 0 Å². The number of benzene rings is 1. The average Bonchev–Trinajstić information content (AvgIpc) is 2.26. The van der Waals surface area contributed by atoms with Crippen LogP contribution in [-0.4, -0.2) is 15.0 Å². The zero-order chi connectivity index (χ0) is 13.3. The Labute approximate surface area is 107 Å². The van der Waals surface area contributed by atoms with Gasteiger partial charge in [0.15, 0.2) is 5.82 Å². The number of nitrogens with zero attached hydrogens (tertiary/aromatic N) is 3. The molecule has 2 aromatic rings. The van der Waals surface area contributed by atoms with Gasteiger partial charge in [0, 0.05) is 5.56 Å². The monoisotopic (exact) mass is 242 g/mol. The van der Waals surface area contributed by atoms with Crippen LogP contribution < -0.4 is 5.73 Å². The first-order valence-electron chi connectivity index (χ1n) is 6.01. The Morgan fingerprint density at radius 1 is 0.944 bits per heavy atom. The lowest BCUT2D eigenvalue weighted by Gasteiger charge is -2.11. The first-order valence-corrected chi connectivity index (χ1v) is 6.01. The molecule has 0 unspecified atom stereocenters. The van der Waals surface area contributed by atoms with Crippen molar-refractivity contribution in [2.75, 3.05) is 0 Å². The Bertz CT molecular complexity index is 567. The molecule has 0 amide bonds. The fourth-order valence-corrected chi connectivity index (χ4v) is 2.27. The zero-order valence-electron chi connectivity index (χ0n) is 11.3. The summed E-state index contributed by atoms with van der Waals surface area (Å²) in [7, 11) is 0. The molecular weight excluding hydrogens is 224 g/mol. The predicted octanol–water partition coefficient (Wildman–Crippen LogP) is 2.23. The fourth-order valence-electron chi connectivity index (χ4n) is 2.27. The topological polar surface area (TPSA) is 64.7 Å². The van der Waals surface area contributed by atoms with Crippen LogP contribution >= 0.6 is 0 Å². The van der Waals surface area contributed by atoms with Gasteiger partial charge in [-0.3, -0.25) is 0 Å². The number of rotatable bonds is 2. The molecule has 0 fully saturated rings. The van der Waals surface area contributed by atoms with Crippen LogP contribution in [0, 0.1) is 27.7 Å².